The van der Waals surface area contributed by atoms with Crippen molar-refractivity contribution in [2.24, 2.45) is 0 Å². The average Bonchev–Trinajstić information content (AvgIpc) is 1.91. The Bertz CT molecular complexity index is 66.6. The molecule has 1 N–H and O–H groups in total. The van der Waals surface area contributed by atoms with Crippen molar-refractivity contribution >= 4 is 0 Å². The maximum absolute atomic E-state index is 8.52. The fraction of sp³-hybridized carbons (Fsp3) is 0.857. The van der Waals surface area contributed by atoms with Crippen LogP contribution in [-0.2, 0) is 0 Å². The summed E-state index contributed by atoms with van der Waals surface area (Å²) in [5.74, 6) is 0. The van der Waals surface area contributed by atoms with Crippen molar-refractivity contribution in [2.45, 2.75) is 19.3 Å². The van der Waals surface area contributed by atoms with Crippen LogP contribution in [0.5, 0.6) is 0 Å². The van der Waals surface area contributed by atoms with Crippen LogP contribution in [0, 0.1) is 6.54 Å². The van der Waals surface area contributed by atoms with Gasteiger partial charge in [0.2, 0.25) is 0 Å². The molecule has 1 aliphatic heterocycles. The summed E-state index contributed by atoms with van der Waals surface area (Å²) in [6.07, 6.45) is 3.93. The topological polar surface area (TPSA) is 23.5 Å². The molecule has 0 aliphatic carbocycles. The Morgan fingerprint density at radius 1 is 1.22 bits per heavy atom. The molecule has 2 nitrogen and oxygen atoms in total. The molecular formula is C7H14NO. The van der Waals surface area contributed by atoms with Crippen molar-refractivity contribution in [3.8, 4) is 0 Å². The molecule has 0 saturated carbocycles. The van der Waals surface area contributed by atoms with Crippen molar-refractivity contribution < 1.29 is 5.11 Å². The highest BCUT2D eigenvalue weighted by atomic mass is 16.3. The predicted molar refractivity (Wildman–Crippen MR) is 36.8 cm³/mol. The van der Waals surface area contributed by atoms with Crippen molar-refractivity contribution in [1.82, 2.24) is 4.90 Å². The number of rotatable bonds is 2. The van der Waals surface area contributed by atoms with E-state index >= 15 is 0 Å². The molecule has 0 aromatic carbocycles. The Labute approximate surface area is 56.5 Å². The Balaban J connectivity index is 2.08. The van der Waals surface area contributed by atoms with E-state index < -0.39 is 0 Å². The van der Waals surface area contributed by atoms with Crippen LogP contribution >= 0.6 is 0 Å². The molecule has 0 bridgehead atoms. The molecule has 1 heterocycles. The van der Waals surface area contributed by atoms with E-state index in [1.165, 1.54) is 19.3 Å². The van der Waals surface area contributed by atoms with Gasteiger partial charge in [-0.05, 0) is 25.9 Å². The number of nitrogens with zero attached hydrogens (tertiary/aromatic N) is 1. The van der Waals surface area contributed by atoms with Crippen LogP contribution in [0.3, 0.4) is 0 Å². The van der Waals surface area contributed by atoms with Crippen LogP contribution in [0.25, 0.3) is 0 Å². The zero-order chi connectivity index (χ0) is 6.53. The zero-order valence-corrected chi connectivity index (χ0v) is 5.71. The number of likely N-dealkylation sites (tertiary alicyclic amines) is 1. The van der Waals surface area contributed by atoms with Crippen molar-refractivity contribution in [1.29, 1.82) is 0 Å². The Morgan fingerprint density at radius 3 is 2.44 bits per heavy atom. The molecule has 53 valence electrons. The number of piperidine rings is 1. The van der Waals surface area contributed by atoms with E-state index in [4.69, 9.17) is 5.11 Å². The zero-order valence-electron chi connectivity index (χ0n) is 5.71. The SMILES string of the molecule is OC[CH]N1CCCCC1. The van der Waals surface area contributed by atoms with E-state index in [9.17, 15) is 0 Å². The van der Waals surface area contributed by atoms with Gasteiger partial charge in [-0.25, -0.2) is 0 Å². The summed E-state index contributed by atoms with van der Waals surface area (Å²) in [6.45, 7) is 4.35. The van der Waals surface area contributed by atoms with Gasteiger partial charge in [0, 0.05) is 0 Å². The normalized spacial score (nSPS) is 22.3. The first-order valence-electron chi connectivity index (χ1n) is 3.62. The van der Waals surface area contributed by atoms with Gasteiger partial charge >= 0.3 is 0 Å². The van der Waals surface area contributed by atoms with E-state index in [0.717, 1.165) is 13.1 Å². The van der Waals surface area contributed by atoms with Crippen LogP contribution in [-0.4, -0.2) is 29.7 Å². The summed E-state index contributed by atoms with van der Waals surface area (Å²) < 4.78 is 0. The minimum absolute atomic E-state index is 0.194. The lowest BCUT2D eigenvalue weighted by atomic mass is 10.1. The lowest BCUT2D eigenvalue weighted by Crippen LogP contribution is -2.28. The largest absolute Gasteiger partial charge is 0.395 e. The highest BCUT2D eigenvalue weighted by Crippen LogP contribution is 2.08. The molecule has 0 atom stereocenters. The minimum atomic E-state index is 0.194. The fourth-order valence-corrected chi connectivity index (χ4v) is 1.22. The molecule has 2 heteroatoms. The first-order chi connectivity index (χ1) is 4.43. The van der Waals surface area contributed by atoms with Gasteiger partial charge in [0.05, 0.1) is 13.2 Å². The van der Waals surface area contributed by atoms with E-state index in [1.807, 2.05) is 6.54 Å². The first kappa shape index (κ1) is 7.03. The second-order valence-corrected chi connectivity index (χ2v) is 2.46. The molecule has 1 rings (SSSR count). The summed E-state index contributed by atoms with van der Waals surface area (Å²) in [4.78, 5) is 2.20. The first-order valence-corrected chi connectivity index (χ1v) is 3.62. The quantitative estimate of drug-likeness (QED) is 0.589. The van der Waals surface area contributed by atoms with Crippen LogP contribution in [0.1, 0.15) is 19.3 Å². The van der Waals surface area contributed by atoms with E-state index in [0.29, 0.717) is 0 Å². The Kier molecular flexibility index (Phi) is 3.01. The number of aliphatic hydroxyl groups is 1. The molecule has 0 aromatic rings. The van der Waals surface area contributed by atoms with Gasteiger partial charge in [-0.2, -0.15) is 0 Å². The molecule has 0 spiro atoms. The van der Waals surface area contributed by atoms with Crippen LogP contribution in [0.4, 0.5) is 0 Å². The third kappa shape index (κ3) is 2.33. The van der Waals surface area contributed by atoms with Gasteiger partial charge in [-0.15, -0.1) is 0 Å². The van der Waals surface area contributed by atoms with Crippen molar-refractivity contribution in [2.75, 3.05) is 19.7 Å². The van der Waals surface area contributed by atoms with E-state index in [-0.39, 0.29) is 6.61 Å². The molecule has 9 heavy (non-hydrogen) atoms. The third-order valence-electron chi connectivity index (χ3n) is 1.73. The van der Waals surface area contributed by atoms with Gasteiger partial charge in [-0.1, -0.05) is 6.42 Å². The average molecular weight is 128 g/mol. The fourth-order valence-electron chi connectivity index (χ4n) is 1.22. The van der Waals surface area contributed by atoms with Crippen molar-refractivity contribution in [3.05, 3.63) is 6.54 Å². The molecule has 1 fully saturated rings. The molecule has 0 unspecified atom stereocenters. The Hall–Kier alpha value is -0.0800. The lowest BCUT2D eigenvalue weighted by Gasteiger charge is -2.24. The molecule has 0 aromatic heterocycles. The molecule has 1 saturated heterocycles. The van der Waals surface area contributed by atoms with Gasteiger partial charge in [-0.3, -0.25) is 4.90 Å². The van der Waals surface area contributed by atoms with E-state index in [2.05, 4.69) is 4.90 Å². The second kappa shape index (κ2) is 3.85. The standard InChI is InChI=1S/C7H14NO/c9-7-6-8-4-2-1-3-5-8/h6,9H,1-5,7H2. The summed E-state index contributed by atoms with van der Waals surface area (Å²) in [7, 11) is 0. The monoisotopic (exact) mass is 128 g/mol. The highest BCUT2D eigenvalue weighted by molar-refractivity contribution is 4.71. The number of hydrogen-bond donors (Lipinski definition) is 1. The van der Waals surface area contributed by atoms with E-state index in [1.54, 1.807) is 0 Å². The summed E-state index contributed by atoms with van der Waals surface area (Å²) in [5.41, 5.74) is 0. The second-order valence-electron chi connectivity index (χ2n) is 2.46. The maximum atomic E-state index is 8.52. The van der Waals surface area contributed by atoms with Gasteiger partial charge in [0.25, 0.3) is 0 Å². The number of hydrogen-bond acceptors (Lipinski definition) is 2. The maximum Gasteiger partial charge on any atom is 0.0603 e. The smallest absolute Gasteiger partial charge is 0.0603 e. The summed E-state index contributed by atoms with van der Waals surface area (Å²) in [5, 5.41) is 8.52. The summed E-state index contributed by atoms with van der Waals surface area (Å²) >= 11 is 0. The van der Waals surface area contributed by atoms with Crippen molar-refractivity contribution in [3.63, 3.8) is 0 Å². The third-order valence-corrected chi connectivity index (χ3v) is 1.73. The molecule has 0 amide bonds. The minimum Gasteiger partial charge on any atom is -0.395 e. The molecule has 1 radical (unpaired) electrons. The summed E-state index contributed by atoms with van der Waals surface area (Å²) in [6, 6.07) is 0. The van der Waals surface area contributed by atoms with Gasteiger partial charge in [0.1, 0.15) is 0 Å². The van der Waals surface area contributed by atoms with Crippen LogP contribution in [0.2, 0.25) is 0 Å². The lowest BCUT2D eigenvalue weighted by molar-refractivity contribution is 0.218. The van der Waals surface area contributed by atoms with Crippen LogP contribution in [0.15, 0.2) is 0 Å². The van der Waals surface area contributed by atoms with Crippen LogP contribution < -0.4 is 0 Å². The number of aliphatic hydroxyl groups excluding tert-OH is 1. The highest BCUT2D eigenvalue weighted by Gasteiger charge is 2.07. The molecular weight excluding hydrogens is 114 g/mol. The Morgan fingerprint density at radius 2 is 1.89 bits per heavy atom. The van der Waals surface area contributed by atoms with Gasteiger partial charge < -0.3 is 5.11 Å². The predicted octanol–water partition coefficient (Wildman–Crippen LogP) is 0.626. The molecule has 1 aliphatic rings. The van der Waals surface area contributed by atoms with Gasteiger partial charge in [0.15, 0.2) is 0 Å².